The van der Waals surface area contributed by atoms with Crippen LogP contribution in [-0.2, 0) is 12.0 Å². The zero-order valence-corrected chi connectivity index (χ0v) is 18.2. The van der Waals surface area contributed by atoms with Crippen LogP contribution in [0.2, 0.25) is 0 Å². The molecule has 0 atom stereocenters. The molecule has 0 saturated heterocycles. The molecule has 32 heavy (non-hydrogen) atoms. The monoisotopic (exact) mass is 434 g/mol. The van der Waals surface area contributed by atoms with Gasteiger partial charge in [-0.05, 0) is 91.5 Å². The van der Waals surface area contributed by atoms with E-state index in [-0.39, 0.29) is 23.4 Å². The number of hydrogen-bond acceptors (Lipinski definition) is 4. The normalized spacial score (nSPS) is 27.8. The van der Waals surface area contributed by atoms with Crippen molar-refractivity contribution in [3.8, 4) is 11.5 Å². The SMILES string of the molecule is COc1ccc(C(=O)NCc2ccc(C(=O)O)c([O-])c2)cc1C12CC3CC(CC(C3)C1)C2. The van der Waals surface area contributed by atoms with E-state index < -0.39 is 11.7 Å². The van der Waals surface area contributed by atoms with Crippen molar-refractivity contribution in [3.63, 3.8) is 0 Å². The predicted octanol–water partition coefficient (Wildman–Crippen LogP) is 3.86. The van der Waals surface area contributed by atoms with Crippen molar-refractivity contribution in [2.75, 3.05) is 7.11 Å². The Bertz CT molecular complexity index is 1040. The van der Waals surface area contributed by atoms with E-state index in [1.807, 2.05) is 12.1 Å². The summed E-state index contributed by atoms with van der Waals surface area (Å²) in [4.78, 5) is 23.9. The van der Waals surface area contributed by atoms with Crippen LogP contribution in [0.3, 0.4) is 0 Å². The number of nitrogens with one attached hydrogen (secondary N) is 1. The highest BCUT2D eigenvalue weighted by Crippen LogP contribution is 2.61. The molecule has 0 radical (unpaired) electrons. The smallest absolute Gasteiger partial charge is 0.335 e. The first-order chi connectivity index (χ1) is 15.4. The Morgan fingerprint density at radius 1 is 1.06 bits per heavy atom. The number of benzene rings is 2. The number of rotatable bonds is 6. The highest BCUT2D eigenvalue weighted by molar-refractivity contribution is 5.94. The Balaban J connectivity index is 1.36. The minimum Gasteiger partial charge on any atom is -0.872 e. The van der Waals surface area contributed by atoms with Gasteiger partial charge >= 0.3 is 5.97 Å². The van der Waals surface area contributed by atoms with E-state index in [2.05, 4.69) is 5.32 Å². The van der Waals surface area contributed by atoms with Crippen molar-refractivity contribution >= 4 is 11.9 Å². The third-order valence-corrected chi connectivity index (χ3v) is 7.80. The number of aromatic carboxylic acids is 1. The van der Waals surface area contributed by atoms with Crippen molar-refractivity contribution in [1.29, 1.82) is 0 Å². The molecule has 2 aromatic rings. The summed E-state index contributed by atoms with van der Waals surface area (Å²) in [5, 5.41) is 23.8. The lowest BCUT2D eigenvalue weighted by atomic mass is 9.48. The largest absolute Gasteiger partial charge is 0.872 e. The average Bonchev–Trinajstić information content (AvgIpc) is 2.76. The summed E-state index contributed by atoms with van der Waals surface area (Å²) in [6.07, 6.45) is 7.60. The Labute approximate surface area is 187 Å². The van der Waals surface area contributed by atoms with Gasteiger partial charge in [0.15, 0.2) is 0 Å². The molecule has 2 N–H and O–H groups in total. The minimum atomic E-state index is -1.25. The lowest BCUT2D eigenvalue weighted by molar-refractivity contribution is -0.268. The minimum absolute atomic E-state index is 0.112. The van der Waals surface area contributed by atoms with Gasteiger partial charge in [-0.15, -0.1) is 0 Å². The van der Waals surface area contributed by atoms with Crippen molar-refractivity contribution in [1.82, 2.24) is 5.32 Å². The molecule has 0 aromatic heterocycles. The van der Waals surface area contributed by atoms with Crippen LogP contribution in [0.15, 0.2) is 36.4 Å². The van der Waals surface area contributed by atoms with Gasteiger partial charge in [0.1, 0.15) is 5.75 Å². The summed E-state index contributed by atoms with van der Waals surface area (Å²) in [5.74, 6) is 1.21. The maximum atomic E-state index is 12.9. The standard InChI is InChI=1S/C26H29NO5/c1-32-23-5-3-19(24(29)27-14-15-2-4-20(25(30)31)22(28)9-15)10-21(23)26-11-16-6-17(12-26)8-18(7-16)13-26/h2-5,9-10,16-18,28H,6-8,11-14H2,1H3,(H,27,29)(H,30,31)/p-1. The van der Waals surface area contributed by atoms with Crippen molar-refractivity contribution < 1.29 is 24.5 Å². The van der Waals surface area contributed by atoms with Gasteiger partial charge in [0, 0.05) is 17.7 Å². The number of ether oxygens (including phenoxy) is 1. The van der Waals surface area contributed by atoms with E-state index in [4.69, 9.17) is 9.84 Å². The summed E-state index contributed by atoms with van der Waals surface area (Å²) in [7, 11) is 1.69. The number of methoxy groups -OCH3 is 1. The fourth-order valence-electron chi connectivity index (χ4n) is 6.84. The summed E-state index contributed by atoms with van der Waals surface area (Å²) < 4.78 is 5.73. The van der Waals surface area contributed by atoms with Gasteiger partial charge in [0.2, 0.25) is 0 Å². The number of carboxylic acid groups (broad SMARTS) is 1. The molecule has 0 unspecified atom stereocenters. The molecule has 4 fully saturated rings. The molecular formula is C26H28NO5-. The van der Waals surface area contributed by atoms with E-state index in [9.17, 15) is 14.7 Å². The molecule has 4 bridgehead atoms. The molecule has 168 valence electrons. The summed E-state index contributed by atoms with van der Waals surface area (Å²) in [6, 6.07) is 9.79. The number of carbonyl (C=O) groups is 2. The molecule has 4 saturated carbocycles. The maximum absolute atomic E-state index is 12.9. The first-order valence-corrected chi connectivity index (χ1v) is 11.4. The second kappa shape index (κ2) is 7.84. The zero-order chi connectivity index (χ0) is 22.5. The van der Waals surface area contributed by atoms with E-state index >= 15 is 0 Å². The van der Waals surface area contributed by atoms with Gasteiger partial charge in [-0.2, -0.15) is 0 Å². The van der Waals surface area contributed by atoms with E-state index in [1.54, 1.807) is 19.2 Å². The molecule has 2 aromatic carbocycles. The van der Waals surface area contributed by atoms with Crippen LogP contribution in [-0.4, -0.2) is 24.1 Å². The fourth-order valence-corrected chi connectivity index (χ4v) is 6.84. The van der Waals surface area contributed by atoms with Crippen LogP contribution in [0, 0.1) is 17.8 Å². The fraction of sp³-hybridized carbons (Fsp3) is 0.462. The van der Waals surface area contributed by atoms with Gasteiger partial charge in [-0.1, -0.05) is 17.9 Å². The summed E-state index contributed by atoms with van der Waals surface area (Å²) in [5.41, 5.74) is 2.17. The number of carbonyl (C=O) groups excluding carboxylic acids is 1. The quantitative estimate of drug-likeness (QED) is 0.719. The van der Waals surface area contributed by atoms with E-state index in [0.29, 0.717) is 11.1 Å². The van der Waals surface area contributed by atoms with Gasteiger partial charge in [-0.25, -0.2) is 4.79 Å². The average molecular weight is 435 g/mol. The molecule has 6 heteroatoms. The topological polar surface area (TPSA) is 98.7 Å². The summed E-state index contributed by atoms with van der Waals surface area (Å²) >= 11 is 0. The molecule has 4 aliphatic carbocycles. The Kier molecular flexibility index (Phi) is 5.11. The third kappa shape index (κ3) is 3.61. The van der Waals surface area contributed by atoms with Crippen LogP contribution in [0.4, 0.5) is 0 Å². The third-order valence-electron chi connectivity index (χ3n) is 7.80. The van der Waals surface area contributed by atoms with Crippen LogP contribution in [0.5, 0.6) is 11.5 Å². The van der Waals surface area contributed by atoms with Crippen molar-refractivity contribution in [2.24, 2.45) is 17.8 Å². The van der Waals surface area contributed by atoms with Gasteiger partial charge < -0.3 is 20.3 Å². The van der Waals surface area contributed by atoms with Crippen LogP contribution in [0.25, 0.3) is 0 Å². The molecule has 6 rings (SSSR count). The summed E-state index contributed by atoms with van der Waals surface area (Å²) in [6.45, 7) is 0.159. The van der Waals surface area contributed by atoms with Crippen LogP contribution >= 0.6 is 0 Å². The molecule has 4 aliphatic rings. The first kappa shape index (κ1) is 20.9. The van der Waals surface area contributed by atoms with E-state index in [1.165, 1.54) is 56.2 Å². The Morgan fingerprint density at radius 2 is 1.72 bits per heavy atom. The van der Waals surface area contributed by atoms with Crippen molar-refractivity contribution in [3.05, 3.63) is 58.7 Å². The zero-order valence-electron chi connectivity index (χ0n) is 18.2. The first-order valence-electron chi connectivity index (χ1n) is 11.4. The van der Waals surface area contributed by atoms with E-state index in [0.717, 1.165) is 23.5 Å². The maximum Gasteiger partial charge on any atom is 0.335 e. The lowest BCUT2D eigenvalue weighted by Crippen LogP contribution is -2.48. The molecule has 6 nitrogen and oxygen atoms in total. The second-order valence-corrected chi connectivity index (χ2v) is 9.93. The number of carboxylic acids is 1. The van der Waals surface area contributed by atoms with Crippen LogP contribution in [0.1, 0.15) is 70.4 Å². The highest BCUT2D eigenvalue weighted by Gasteiger charge is 2.52. The highest BCUT2D eigenvalue weighted by atomic mass is 16.5. The molecule has 0 heterocycles. The molecule has 0 spiro atoms. The molecule has 0 aliphatic heterocycles. The van der Waals surface area contributed by atoms with Gasteiger partial charge in [0.25, 0.3) is 5.91 Å². The number of amides is 1. The molecule has 1 amide bonds. The van der Waals surface area contributed by atoms with Gasteiger partial charge in [0.05, 0.1) is 12.7 Å². The van der Waals surface area contributed by atoms with Crippen molar-refractivity contribution in [2.45, 2.75) is 50.5 Å². The Morgan fingerprint density at radius 3 is 2.28 bits per heavy atom. The number of hydrogen-bond donors (Lipinski definition) is 2. The molecular weight excluding hydrogens is 406 g/mol. The second-order valence-electron chi connectivity index (χ2n) is 9.93. The van der Waals surface area contributed by atoms with Crippen LogP contribution < -0.4 is 15.2 Å². The predicted molar refractivity (Wildman–Crippen MR) is 117 cm³/mol. The Hall–Kier alpha value is -3.02. The van der Waals surface area contributed by atoms with Gasteiger partial charge in [-0.3, -0.25) is 4.79 Å². The lowest BCUT2D eigenvalue weighted by Gasteiger charge is -2.57.